The maximum atomic E-state index is 3.71. The largest absolute Gasteiger partial charge is 0.381 e. The van der Waals surface area contributed by atoms with Crippen LogP contribution in [0.2, 0.25) is 0 Å². The van der Waals surface area contributed by atoms with Gasteiger partial charge in [-0.2, -0.15) is 0 Å². The molecule has 1 heteroatoms. The van der Waals surface area contributed by atoms with Gasteiger partial charge in [0.2, 0.25) is 0 Å². The van der Waals surface area contributed by atoms with Crippen LogP contribution in [0.3, 0.4) is 0 Å². The minimum absolute atomic E-state index is 0.185. The van der Waals surface area contributed by atoms with Gasteiger partial charge in [0.15, 0.2) is 0 Å². The lowest BCUT2D eigenvalue weighted by molar-refractivity contribution is 0.592. The van der Waals surface area contributed by atoms with E-state index >= 15 is 0 Å². The molecule has 0 aliphatic heterocycles. The quantitative estimate of drug-likeness (QED) is 0.717. The zero-order valence-corrected chi connectivity index (χ0v) is 9.30. The first kappa shape index (κ1) is 10.8. The molecule has 0 fully saturated rings. The third-order valence-corrected chi connectivity index (χ3v) is 2.17. The van der Waals surface area contributed by atoms with Crippen LogP contribution in [-0.4, -0.2) is 6.54 Å². The third kappa shape index (κ3) is 2.63. The second-order valence-corrected chi connectivity index (χ2v) is 4.47. The van der Waals surface area contributed by atoms with Crippen LogP contribution < -0.4 is 5.32 Å². The molecule has 76 valence electrons. The third-order valence-electron chi connectivity index (χ3n) is 2.17. The number of anilines is 1. The van der Waals surface area contributed by atoms with Gasteiger partial charge in [-0.05, 0) is 17.0 Å². The highest BCUT2D eigenvalue weighted by atomic mass is 14.9. The Morgan fingerprint density at radius 2 is 1.93 bits per heavy atom. The lowest BCUT2D eigenvalue weighted by Crippen LogP contribution is -2.14. The van der Waals surface area contributed by atoms with Crippen molar-refractivity contribution in [1.82, 2.24) is 0 Å². The van der Waals surface area contributed by atoms with E-state index in [9.17, 15) is 0 Å². The highest BCUT2D eigenvalue weighted by Crippen LogP contribution is 2.28. The van der Waals surface area contributed by atoms with E-state index in [0.717, 1.165) is 6.54 Å². The van der Waals surface area contributed by atoms with Gasteiger partial charge in [0.25, 0.3) is 0 Å². The summed E-state index contributed by atoms with van der Waals surface area (Å²) < 4.78 is 0. The monoisotopic (exact) mass is 189 g/mol. The van der Waals surface area contributed by atoms with E-state index in [2.05, 4.69) is 56.9 Å². The normalized spacial score (nSPS) is 11.1. The lowest BCUT2D eigenvalue weighted by Gasteiger charge is -2.23. The van der Waals surface area contributed by atoms with Gasteiger partial charge in [-0.3, -0.25) is 0 Å². The van der Waals surface area contributed by atoms with Gasteiger partial charge in [0.1, 0.15) is 0 Å². The molecule has 1 nitrogen and oxygen atoms in total. The maximum Gasteiger partial charge on any atom is 0.0380 e. The molecule has 0 atom stereocenters. The van der Waals surface area contributed by atoms with E-state index in [1.54, 1.807) is 0 Å². The molecular formula is C13H19N. The summed E-state index contributed by atoms with van der Waals surface area (Å²) in [4.78, 5) is 0. The van der Waals surface area contributed by atoms with Gasteiger partial charge in [-0.1, -0.05) is 45.0 Å². The smallest absolute Gasteiger partial charge is 0.0380 e. The van der Waals surface area contributed by atoms with Crippen LogP contribution in [0.25, 0.3) is 0 Å². The van der Waals surface area contributed by atoms with Crippen LogP contribution in [0, 0.1) is 0 Å². The number of benzene rings is 1. The van der Waals surface area contributed by atoms with Gasteiger partial charge >= 0.3 is 0 Å². The van der Waals surface area contributed by atoms with Crippen molar-refractivity contribution in [2.75, 3.05) is 11.9 Å². The first-order chi connectivity index (χ1) is 6.55. The fraction of sp³-hybridized carbons (Fsp3) is 0.385. The molecule has 1 N–H and O–H groups in total. The van der Waals surface area contributed by atoms with Gasteiger partial charge in [0, 0.05) is 12.2 Å². The number of para-hydroxylation sites is 1. The fourth-order valence-corrected chi connectivity index (χ4v) is 1.47. The summed E-state index contributed by atoms with van der Waals surface area (Å²) in [5.74, 6) is 0. The molecule has 1 aromatic rings. The maximum absolute atomic E-state index is 3.71. The van der Waals surface area contributed by atoms with Gasteiger partial charge < -0.3 is 5.32 Å². The summed E-state index contributed by atoms with van der Waals surface area (Å²) in [7, 11) is 0. The van der Waals surface area contributed by atoms with Gasteiger partial charge in [0.05, 0.1) is 0 Å². The van der Waals surface area contributed by atoms with Crippen molar-refractivity contribution in [3.05, 3.63) is 42.5 Å². The van der Waals surface area contributed by atoms with Crippen molar-refractivity contribution in [2.24, 2.45) is 0 Å². The van der Waals surface area contributed by atoms with E-state index in [4.69, 9.17) is 0 Å². The molecule has 1 rings (SSSR count). The minimum Gasteiger partial charge on any atom is -0.381 e. The van der Waals surface area contributed by atoms with Crippen LogP contribution >= 0.6 is 0 Å². The molecule has 0 unspecified atom stereocenters. The Balaban J connectivity index is 2.97. The van der Waals surface area contributed by atoms with Gasteiger partial charge in [-0.15, -0.1) is 6.58 Å². The zero-order chi connectivity index (χ0) is 10.6. The predicted octanol–water partition coefficient (Wildman–Crippen LogP) is 3.58. The lowest BCUT2D eigenvalue weighted by atomic mass is 9.86. The molecule has 0 heterocycles. The van der Waals surface area contributed by atoms with E-state index in [1.807, 2.05) is 6.08 Å². The topological polar surface area (TPSA) is 12.0 Å². The summed E-state index contributed by atoms with van der Waals surface area (Å²) in [5, 5.41) is 3.35. The first-order valence-electron chi connectivity index (χ1n) is 5.00. The van der Waals surface area contributed by atoms with Crippen LogP contribution in [0.4, 0.5) is 5.69 Å². The van der Waals surface area contributed by atoms with E-state index in [0.29, 0.717) is 0 Å². The highest BCUT2D eigenvalue weighted by Gasteiger charge is 2.16. The van der Waals surface area contributed by atoms with Crippen LogP contribution in [0.15, 0.2) is 36.9 Å². The van der Waals surface area contributed by atoms with Crippen molar-refractivity contribution in [1.29, 1.82) is 0 Å². The van der Waals surface area contributed by atoms with Crippen molar-refractivity contribution in [2.45, 2.75) is 26.2 Å². The number of hydrogen-bond donors (Lipinski definition) is 1. The molecule has 0 aliphatic rings. The second-order valence-electron chi connectivity index (χ2n) is 4.47. The minimum atomic E-state index is 0.185. The molecule has 0 spiro atoms. The Morgan fingerprint density at radius 1 is 1.29 bits per heavy atom. The Hall–Kier alpha value is -1.24. The average Bonchev–Trinajstić information content (AvgIpc) is 2.14. The Morgan fingerprint density at radius 3 is 2.50 bits per heavy atom. The Kier molecular flexibility index (Phi) is 3.34. The van der Waals surface area contributed by atoms with Crippen molar-refractivity contribution >= 4 is 5.69 Å². The molecule has 0 aliphatic carbocycles. The molecule has 0 saturated heterocycles. The summed E-state index contributed by atoms with van der Waals surface area (Å²) in [6.45, 7) is 11.2. The number of nitrogens with one attached hydrogen (secondary N) is 1. The Labute approximate surface area is 86.8 Å². The molecule has 0 saturated carbocycles. The summed E-state index contributed by atoms with van der Waals surface area (Å²) in [5.41, 5.74) is 2.74. The highest BCUT2D eigenvalue weighted by molar-refractivity contribution is 5.54. The summed E-state index contributed by atoms with van der Waals surface area (Å²) in [6.07, 6.45) is 1.87. The predicted molar refractivity (Wildman–Crippen MR) is 63.8 cm³/mol. The summed E-state index contributed by atoms with van der Waals surface area (Å²) in [6, 6.07) is 8.43. The molecule has 0 radical (unpaired) electrons. The van der Waals surface area contributed by atoms with Crippen molar-refractivity contribution < 1.29 is 0 Å². The summed E-state index contributed by atoms with van der Waals surface area (Å²) >= 11 is 0. The first-order valence-corrected chi connectivity index (χ1v) is 5.00. The number of hydrogen-bond acceptors (Lipinski definition) is 1. The SMILES string of the molecule is C=CCNc1ccccc1C(C)(C)C. The van der Waals surface area contributed by atoms with Crippen LogP contribution in [0.5, 0.6) is 0 Å². The second kappa shape index (κ2) is 4.32. The van der Waals surface area contributed by atoms with Crippen LogP contribution in [-0.2, 0) is 5.41 Å². The van der Waals surface area contributed by atoms with E-state index < -0.39 is 0 Å². The van der Waals surface area contributed by atoms with Crippen molar-refractivity contribution in [3.8, 4) is 0 Å². The number of rotatable bonds is 3. The molecule has 0 bridgehead atoms. The fourth-order valence-electron chi connectivity index (χ4n) is 1.47. The zero-order valence-electron chi connectivity index (χ0n) is 9.30. The molecule has 1 aromatic carbocycles. The molecule has 0 amide bonds. The molecule has 0 aromatic heterocycles. The average molecular weight is 189 g/mol. The molecular weight excluding hydrogens is 170 g/mol. The van der Waals surface area contributed by atoms with Crippen LogP contribution in [0.1, 0.15) is 26.3 Å². The van der Waals surface area contributed by atoms with Crippen molar-refractivity contribution in [3.63, 3.8) is 0 Å². The molecule has 14 heavy (non-hydrogen) atoms. The standard InChI is InChI=1S/C13H19N/c1-5-10-14-12-9-7-6-8-11(12)13(2,3)4/h5-9,14H,1,10H2,2-4H3. The van der Waals surface area contributed by atoms with Gasteiger partial charge in [-0.25, -0.2) is 0 Å². The van der Waals surface area contributed by atoms with E-state index in [-0.39, 0.29) is 5.41 Å². The Bertz CT molecular complexity index is 307. The van der Waals surface area contributed by atoms with E-state index in [1.165, 1.54) is 11.3 Å².